The summed E-state index contributed by atoms with van der Waals surface area (Å²) >= 11 is 0. The van der Waals surface area contributed by atoms with Crippen LogP contribution in [0.3, 0.4) is 0 Å². The molecule has 1 aliphatic rings. The standard InChI is InChI=1S/C28H27FN6O4/c1-15-26-21(34-28(30)32-15)11-23(35(27(26)36)14-16-5-7-18(37-2)10-24(16)38-3)19-8-6-17(29)9-20(19)22-12-31-13-25(33-22)39-4/h5-10,12-13,23H,11,14H2,1-4H3,(H2,30,32,34)/t23-/m1/s1. The van der Waals surface area contributed by atoms with Crippen LogP contribution in [-0.4, -0.2) is 52.1 Å². The highest BCUT2D eigenvalue weighted by Crippen LogP contribution is 2.40. The predicted molar refractivity (Wildman–Crippen MR) is 141 cm³/mol. The Kier molecular flexibility index (Phi) is 6.97. The summed E-state index contributed by atoms with van der Waals surface area (Å²) in [6.45, 7) is 1.93. The lowest BCUT2D eigenvalue weighted by atomic mass is 9.88. The van der Waals surface area contributed by atoms with E-state index in [1.54, 1.807) is 44.2 Å². The number of carbonyl (C=O) groups excluding carboxylic acids is 1. The molecule has 0 aliphatic carbocycles. The van der Waals surface area contributed by atoms with Crippen LogP contribution in [0.1, 0.15) is 38.9 Å². The van der Waals surface area contributed by atoms with E-state index in [1.165, 1.54) is 31.6 Å². The van der Waals surface area contributed by atoms with Crippen LogP contribution < -0.4 is 19.9 Å². The zero-order chi connectivity index (χ0) is 27.7. The Balaban J connectivity index is 1.68. The van der Waals surface area contributed by atoms with Crippen LogP contribution in [0.15, 0.2) is 48.8 Å². The number of fused-ring (bicyclic) bond motifs is 1. The van der Waals surface area contributed by atoms with Gasteiger partial charge in [-0.15, -0.1) is 0 Å². The molecule has 1 aliphatic heterocycles. The number of carbonyl (C=O) groups is 1. The van der Waals surface area contributed by atoms with Crippen LogP contribution in [0.2, 0.25) is 0 Å². The summed E-state index contributed by atoms with van der Waals surface area (Å²) in [4.78, 5) is 33.1. The lowest BCUT2D eigenvalue weighted by Crippen LogP contribution is -2.41. The average Bonchev–Trinajstić information content (AvgIpc) is 2.94. The highest BCUT2D eigenvalue weighted by molar-refractivity contribution is 5.98. The van der Waals surface area contributed by atoms with Gasteiger partial charge in [-0.3, -0.25) is 9.78 Å². The molecule has 3 heterocycles. The van der Waals surface area contributed by atoms with Gasteiger partial charge in [0.15, 0.2) is 0 Å². The van der Waals surface area contributed by atoms with Gasteiger partial charge in [0.05, 0.1) is 69.0 Å². The number of hydrogen-bond acceptors (Lipinski definition) is 9. The van der Waals surface area contributed by atoms with E-state index in [2.05, 4.69) is 19.9 Å². The minimum absolute atomic E-state index is 0.0843. The van der Waals surface area contributed by atoms with Crippen molar-refractivity contribution in [3.8, 4) is 28.6 Å². The van der Waals surface area contributed by atoms with Crippen molar-refractivity contribution >= 4 is 11.9 Å². The largest absolute Gasteiger partial charge is 0.497 e. The van der Waals surface area contributed by atoms with Crippen LogP contribution in [0.5, 0.6) is 17.4 Å². The third kappa shape index (κ3) is 4.90. The average molecular weight is 531 g/mol. The number of aromatic nitrogens is 4. The second-order valence-electron chi connectivity index (χ2n) is 9.00. The van der Waals surface area contributed by atoms with Gasteiger partial charge in [0.1, 0.15) is 17.3 Å². The van der Waals surface area contributed by atoms with Gasteiger partial charge < -0.3 is 24.8 Å². The quantitative estimate of drug-likeness (QED) is 0.378. The first-order valence-corrected chi connectivity index (χ1v) is 12.1. The van der Waals surface area contributed by atoms with E-state index in [-0.39, 0.29) is 24.3 Å². The Morgan fingerprint density at radius 2 is 1.85 bits per heavy atom. The molecule has 4 aromatic rings. The van der Waals surface area contributed by atoms with Gasteiger partial charge in [-0.05, 0) is 36.8 Å². The van der Waals surface area contributed by atoms with Crippen LogP contribution in [0.4, 0.5) is 10.3 Å². The summed E-state index contributed by atoms with van der Waals surface area (Å²) in [5, 5.41) is 0. The van der Waals surface area contributed by atoms with E-state index < -0.39 is 11.9 Å². The number of methoxy groups -OCH3 is 3. The molecule has 1 amide bonds. The fourth-order valence-electron chi connectivity index (χ4n) is 4.90. The maximum Gasteiger partial charge on any atom is 0.258 e. The Morgan fingerprint density at radius 1 is 1.03 bits per heavy atom. The zero-order valence-electron chi connectivity index (χ0n) is 21.9. The number of halogens is 1. The number of rotatable bonds is 7. The van der Waals surface area contributed by atoms with Gasteiger partial charge in [0.2, 0.25) is 11.8 Å². The highest BCUT2D eigenvalue weighted by atomic mass is 19.1. The van der Waals surface area contributed by atoms with Crippen molar-refractivity contribution in [2.45, 2.75) is 25.9 Å². The lowest BCUT2D eigenvalue weighted by molar-refractivity contribution is 0.0623. The topological polar surface area (TPSA) is 126 Å². The fraction of sp³-hybridized carbons (Fsp3) is 0.250. The molecule has 200 valence electrons. The van der Waals surface area contributed by atoms with Crippen molar-refractivity contribution in [3.63, 3.8) is 0 Å². The molecule has 0 saturated heterocycles. The molecule has 39 heavy (non-hydrogen) atoms. The Morgan fingerprint density at radius 3 is 2.59 bits per heavy atom. The number of anilines is 1. The van der Waals surface area contributed by atoms with Crippen LogP contribution in [-0.2, 0) is 13.0 Å². The summed E-state index contributed by atoms with van der Waals surface area (Å²) in [6.07, 6.45) is 3.32. The first-order chi connectivity index (χ1) is 18.8. The minimum Gasteiger partial charge on any atom is -0.497 e. The van der Waals surface area contributed by atoms with Crippen molar-refractivity contribution in [2.24, 2.45) is 0 Å². The molecule has 0 spiro atoms. The van der Waals surface area contributed by atoms with Crippen molar-refractivity contribution in [3.05, 3.63) is 82.7 Å². The number of nitrogen functional groups attached to an aromatic ring is 1. The number of nitrogens with two attached hydrogens (primary N) is 1. The lowest BCUT2D eigenvalue weighted by Gasteiger charge is -2.38. The molecule has 2 N–H and O–H groups in total. The van der Waals surface area contributed by atoms with E-state index >= 15 is 0 Å². The van der Waals surface area contributed by atoms with Gasteiger partial charge in [0.25, 0.3) is 5.91 Å². The molecule has 11 heteroatoms. The minimum atomic E-state index is -0.547. The van der Waals surface area contributed by atoms with E-state index in [0.29, 0.717) is 51.7 Å². The smallest absolute Gasteiger partial charge is 0.258 e. The van der Waals surface area contributed by atoms with Crippen molar-refractivity contribution in [1.82, 2.24) is 24.8 Å². The third-order valence-corrected chi connectivity index (χ3v) is 6.73. The van der Waals surface area contributed by atoms with Crippen molar-refractivity contribution < 1.29 is 23.4 Å². The number of amides is 1. The summed E-state index contributed by atoms with van der Waals surface area (Å²) < 4.78 is 30.8. The van der Waals surface area contributed by atoms with Crippen molar-refractivity contribution in [1.29, 1.82) is 0 Å². The summed E-state index contributed by atoms with van der Waals surface area (Å²) in [7, 11) is 4.61. The van der Waals surface area contributed by atoms with Gasteiger partial charge in [-0.2, -0.15) is 0 Å². The predicted octanol–water partition coefficient (Wildman–Crippen LogP) is 3.93. The SMILES string of the molecule is COc1ccc(CN2C(=O)c3c(C)nc(N)nc3C[C@@H]2c2ccc(F)cc2-c2cncc(OC)n2)c(OC)c1. The molecule has 0 radical (unpaired) electrons. The summed E-state index contributed by atoms with van der Waals surface area (Å²) in [6, 6.07) is 9.26. The normalized spacial score (nSPS) is 14.6. The monoisotopic (exact) mass is 530 g/mol. The number of benzene rings is 2. The van der Waals surface area contributed by atoms with Gasteiger partial charge in [-0.25, -0.2) is 19.3 Å². The Labute approximate surface area is 224 Å². The van der Waals surface area contributed by atoms with E-state index in [1.807, 2.05) is 6.07 Å². The Bertz CT molecular complexity index is 1560. The first-order valence-electron chi connectivity index (χ1n) is 12.1. The molecule has 2 aromatic heterocycles. The first kappa shape index (κ1) is 25.8. The Hall–Kier alpha value is -4.80. The molecule has 0 saturated carbocycles. The van der Waals surface area contributed by atoms with E-state index in [4.69, 9.17) is 19.9 Å². The number of hydrogen-bond donors (Lipinski definition) is 1. The van der Waals surface area contributed by atoms with Crippen LogP contribution in [0, 0.1) is 12.7 Å². The number of nitrogens with zero attached hydrogens (tertiary/aromatic N) is 5. The molecular weight excluding hydrogens is 503 g/mol. The van der Waals surface area contributed by atoms with E-state index in [9.17, 15) is 9.18 Å². The third-order valence-electron chi connectivity index (χ3n) is 6.73. The van der Waals surface area contributed by atoms with Gasteiger partial charge in [-0.1, -0.05) is 6.07 Å². The molecule has 0 fully saturated rings. The molecule has 5 rings (SSSR count). The second-order valence-corrected chi connectivity index (χ2v) is 9.00. The molecule has 0 unspecified atom stereocenters. The van der Waals surface area contributed by atoms with Crippen molar-refractivity contribution in [2.75, 3.05) is 27.1 Å². The number of ether oxygens (including phenoxy) is 3. The molecule has 2 aromatic carbocycles. The fourth-order valence-corrected chi connectivity index (χ4v) is 4.90. The van der Waals surface area contributed by atoms with Crippen LogP contribution in [0.25, 0.3) is 11.3 Å². The van der Waals surface area contributed by atoms with E-state index in [0.717, 1.165) is 5.56 Å². The van der Waals surface area contributed by atoms with Gasteiger partial charge in [0, 0.05) is 23.6 Å². The van der Waals surface area contributed by atoms with Gasteiger partial charge >= 0.3 is 0 Å². The summed E-state index contributed by atoms with van der Waals surface area (Å²) in [5.41, 5.74) is 9.69. The molecular formula is C28H27FN6O4. The maximum atomic E-state index is 14.6. The molecule has 10 nitrogen and oxygen atoms in total. The summed E-state index contributed by atoms with van der Waals surface area (Å²) in [5.74, 6) is 0.828. The maximum absolute atomic E-state index is 14.6. The second kappa shape index (κ2) is 10.5. The zero-order valence-corrected chi connectivity index (χ0v) is 21.9. The number of aryl methyl sites for hydroxylation is 1. The highest BCUT2D eigenvalue weighted by Gasteiger charge is 2.38. The molecule has 0 bridgehead atoms. The van der Waals surface area contributed by atoms with Crippen LogP contribution >= 0.6 is 0 Å². The molecule has 1 atom stereocenters.